The highest BCUT2D eigenvalue weighted by Gasteiger charge is 2.29. The number of carbonyl (C=O) groups is 1. The molecule has 1 amide bonds. The first kappa shape index (κ1) is 19.6. The fourth-order valence-electron chi connectivity index (χ4n) is 3.72. The van der Waals surface area contributed by atoms with Gasteiger partial charge in [-0.2, -0.15) is 11.8 Å². The van der Waals surface area contributed by atoms with E-state index in [4.69, 9.17) is 0 Å². The van der Waals surface area contributed by atoms with Crippen LogP contribution in [-0.2, 0) is 4.79 Å². The summed E-state index contributed by atoms with van der Waals surface area (Å²) in [5.74, 6) is 2.36. The van der Waals surface area contributed by atoms with Gasteiger partial charge < -0.3 is 10.2 Å². The number of pyridine rings is 1. The van der Waals surface area contributed by atoms with E-state index in [1.54, 1.807) is 30.2 Å². The second-order valence-corrected chi connectivity index (χ2v) is 8.15. The first-order valence-corrected chi connectivity index (χ1v) is 11.3. The normalized spacial score (nSPS) is 18.0. The van der Waals surface area contributed by atoms with E-state index in [0.717, 1.165) is 43.0 Å². The summed E-state index contributed by atoms with van der Waals surface area (Å²) in [7, 11) is 0. The first-order valence-electron chi connectivity index (χ1n) is 9.87. The van der Waals surface area contributed by atoms with Crippen LogP contribution in [0.25, 0.3) is 5.65 Å². The molecule has 0 saturated carbocycles. The van der Waals surface area contributed by atoms with Gasteiger partial charge in [0.1, 0.15) is 0 Å². The van der Waals surface area contributed by atoms with Gasteiger partial charge in [-0.25, -0.2) is 9.97 Å². The number of nitrogens with zero attached hydrogens (tertiary/aromatic N) is 6. The first-order chi connectivity index (χ1) is 14.3. The zero-order valence-corrected chi connectivity index (χ0v) is 17.3. The Bertz CT molecular complexity index is 948. The molecule has 1 aliphatic heterocycles. The second kappa shape index (κ2) is 9.21. The average molecular weight is 412 g/mol. The molecular weight excluding hydrogens is 386 g/mol. The highest BCUT2D eigenvalue weighted by atomic mass is 32.2. The van der Waals surface area contributed by atoms with Crippen molar-refractivity contribution in [2.45, 2.75) is 25.3 Å². The minimum Gasteiger partial charge on any atom is -0.346 e. The maximum Gasteiger partial charge on any atom is 0.225 e. The van der Waals surface area contributed by atoms with Crippen LogP contribution in [0.3, 0.4) is 0 Å². The lowest BCUT2D eigenvalue weighted by molar-refractivity contribution is -0.126. The van der Waals surface area contributed by atoms with Gasteiger partial charge in [-0.15, -0.1) is 10.2 Å². The third-order valence-electron chi connectivity index (χ3n) is 5.21. The Balaban J connectivity index is 1.49. The van der Waals surface area contributed by atoms with E-state index in [1.807, 2.05) is 28.8 Å². The monoisotopic (exact) mass is 411 g/mol. The quantitative estimate of drug-likeness (QED) is 0.638. The van der Waals surface area contributed by atoms with Crippen LogP contribution in [0, 0.1) is 5.92 Å². The molecule has 1 N–H and O–H groups in total. The molecule has 0 radical (unpaired) electrons. The Morgan fingerprint density at radius 2 is 2.14 bits per heavy atom. The molecule has 29 heavy (non-hydrogen) atoms. The number of anilines is 1. The van der Waals surface area contributed by atoms with Crippen LogP contribution in [0.5, 0.6) is 0 Å². The number of aromatic nitrogens is 5. The molecule has 1 unspecified atom stereocenters. The predicted molar refractivity (Wildman–Crippen MR) is 114 cm³/mol. The van der Waals surface area contributed by atoms with Crippen molar-refractivity contribution in [2.24, 2.45) is 5.92 Å². The molecule has 0 aromatic carbocycles. The Labute approximate surface area is 174 Å². The summed E-state index contributed by atoms with van der Waals surface area (Å²) >= 11 is 1.76. The summed E-state index contributed by atoms with van der Waals surface area (Å²) in [6.07, 6.45) is 10.1. The molecule has 0 aliphatic carbocycles. The third-order valence-corrected chi connectivity index (χ3v) is 5.85. The Morgan fingerprint density at radius 3 is 2.97 bits per heavy atom. The van der Waals surface area contributed by atoms with Crippen LogP contribution >= 0.6 is 11.8 Å². The summed E-state index contributed by atoms with van der Waals surface area (Å²) in [5.41, 5.74) is 0.788. The average Bonchev–Trinajstić information content (AvgIpc) is 3.21. The number of carbonyl (C=O) groups excluding carboxylic acids is 1. The Hall–Kier alpha value is -2.68. The van der Waals surface area contributed by atoms with E-state index in [2.05, 4.69) is 36.6 Å². The molecule has 0 bridgehead atoms. The number of nitrogens with one attached hydrogen (secondary N) is 1. The highest BCUT2D eigenvalue weighted by molar-refractivity contribution is 7.98. The number of rotatable bonds is 7. The molecule has 1 fully saturated rings. The van der Waals surface area contributed by atoms with E-state index in [9.17, 15) is 4.79 Å². The smallest absolute Gasteiger partial charge is 0.225 e. The predicted octanol–water partition coefficient (Wildman–Crippen LogP) is 2.35. The zero-order chi connectivity index (χ0) is 20.1. The number of fused-ring (bicyclic) bond motifs is 1. The summed E-state index contributed by atoms with van der Waals surface area (Å²) in [4.78, 5) is 23.9. The SMILES string of the molecule is CSCC[C@H](NC(=O)C1CCCN(c2ncccn2)C1)c1nnc2ccccn12. The van der Waals surface area contributed by atoms with Gasteiger partial charge in [0.05, 0.1) is 12.0 Å². The second-order valence-electron chi connectivity index (χ2n) is 7.16. The highest BCUT2D eigenvalue weighted by Crippen LogP contribution is 2.23. The van der Waals surface area contributed by atoms with E-state index in [1.165, 1.54) is 0 Å². The Morgan fingerprint density at radius 1 is 1.28 bits per heavy atom. The minimum atomic E-state index is -0.171. The van der Waals surface area contributed by atoms with Crippen molar-refractivity contribution in [2.75, 3.05) is 30.0 Å². The van der Waals surface area contributed by atoms with E-state index >= 15 is 0 Å². The van der Waals surface area contributed by atoms with Crippen LogP contribution in [0.4, 0.5) is 5.95 Å². The van der Waals surface area contributed by atoms with Crippen LogP contribution < -0.4 is 10.2 Å². The summed E-state index contributed by atoms with van der Waals surface area (Å²) in [5, 5.41) is 11.9. The number of amides is 1. The maximum absolute atomic E-state index is 13.1. The third kappa shape index (κ3) is 4.50. The van der Waals surface area contributed by atoms with Crippen LogP contribution in [-0.4, -0.2) is 55.6 Å². The fourth-order valence-corrected chi connectivity index (χ4v) is 4.19. The molecule has 4 rings (SSSR count). The summed E-state index contributed by atoms with van der Waals surface area (Å²) < 4.78 is 1.95. The lowest BCUT2D eigenvalue weighted by Gasteiger charge is -2.32. The fraction of sp³-hybridized carbons (Fsp3) is 0.450. The van der Waals surface area contributed by atoms with Crippen LogP contribution in [0.15, 0.2) is 42.9 Å². The molecule has 8 nitrogen and oxygen atoms in total. The van der Waals surface area contributed by atoms with Crippen molar-refractivity contribution in [1.29, 1.82) is 0 Å². The van der Waals surface area contributed by atoms with Crippen LogP contribution in [0.2, 0.25) is 0 Å². The number of hydrogen-bond acceptors (Lipinski definition) is 7. The van der Waals surface area contributed by atoms with Crippen molar-refractivity contribution in [3.05, 3.63) is 48.7 Å². The van der Waals surface area contributed by atoms with Gasteiger partial charge >= 0.3 is 0 Å². The largest absolute Gasteiger partial charge is 0.346 e. The number of thioether (sulfide) groups is 1. The van der Waals surface area contributed by atoms with Crippen molar-refractivity contribution < 1.29 is 4.79 Å². The number of hydrogen-bond donors (Lipinski definition) is 1. The van der Waals surface area contributed by atoms with Crippen molar-refractivity contribution in [1.82, 2.24) is 29.9 Å². The van der Waals surface area contributed by atoms with E-state index < -0.39 is 0 Å². The molecule has 4 heterocycles. The van der Waals surface area contributed by atoms with Gasteiger partial charge in [-0.1, -0.05) is 6.07 Å². The minimum absolute atomic E-state index is 0.0596. The molecule has 0 spiro atoms. The molecule has 1 aliphatic rings. The molecular formula is C20H25N7OS. The molecule has 3 aromatic heterocycles. The standard InChI is InChI=1S/C20H25N7OS/c1-29-13-8-16(18-25-24-17-7-2-3-12-27(17)18)23-19(28)15-6-4-11-26(14-15)20-21-9-5-10-22-20/h2-3,5,7,9-10,12,15-16H,4,6,8,11,13-14H2,1H3,(H,23,28)/t15?,16-/m0/s1. The van der Waals surface area contributed by atoms with E-state index in [0.29, 0.717) is 12.5 Å². The van der Waals surface area contributed by atoms with Gasteiger partial charge in [0.15, 0.2) is 11.5 Å². The van der Waals surface area contributed by atoms with Crippen molar-refractivity contribution >= 4 is 29.3 Å². The molecule has 3 aromatic rings. The summed E-state index contributed by atoms with van der Waals surface area (Å²) in [6.45, 7) is 1.50. The molecule has 1 saturated heterocycles. The Kier molecular flexibility index (Phi) is 6.24. The van der Waals surface area contributed by atoms with Gasteiger partial charge in [0.25, 0.3) is 0 Å². The van der Waals surface area contributed by atoms with Gasteiger partial charge in [-0.3, -0.25) is 9.20 Å². The van der Waals surface area contributed by atoms with Crippen molar-refractivity contribution in [3.8, 4) is 0 Å². The lowest BCUT2D eigenvalue weighted by Crippen LogP contribution is -2.44. The zero-order valence-electron chi connectivity index (χ0n) is 16.4. The van der Waals surface area contributed by atoms with Crippen LogP contribution in [0.1, 0.15) is 31.1 Å². The molecule has 152 valence electrons. The van der Waals surface area contributed by atoms with Crippen molar-refractivity contribution in [3.63, 3.8) is 0 Å². The molecule has 2 atom stereocenters. The number of piperidine rings is 1. The molecule has 9 heteroatoms. The van der Waals surface area contributed by atoms with Gasteiger partial charge in [-0.05, 0) is 49.5 Å². The summed E-state index contributed by atoms with van der Waals surface area (Å²) in [6, 6.07) is 7.44. The maximum atomic E-state index is 13.1. The van der Waals surface area contributed by atoms with E-state index in [-0.39, 0.29) is 17.9 Å². The van der Waals surface area contributed by atoms with Gasteiger partial charge in [0.2, 0.25) is 11.9 Å². The lowest BCUT2D eigenvalue weighted by atomic mass is 9.96. The van der Waals surface area contributed by atoms with Gasteiger partial charge in [0, 0.05) is 31.7 Å². The topological polar surface area (TPSA) is 88.3 Å².